The van der Waals surface area contributed by atoms with Crippen molar-refractivity contribution in [1.29, 1.82) is 0 Å². The van der Waals surface area contributed by atoms with Crippen molar-refractivity contribution in [2.75, 3.05) is 0 Å². The first-order valence-corrected chi connectivity index (χ1v) is 7.63. The summed E-state index contributed by atoms with van der Waals surface area (Å²) >= 11 is 0. The van der Waals surface area contributed by atoms with Gasteiger partial charge in [-0.3, -0.25) is 0 Å². The van der Waals surface area contributed by atoms with Gasteiger partial charge in [0.25, 0.3) is 0 Å². The topological polar surface area (TPSA) is 0 Å². The molecule has 4 atom stereocenters. The van der Waals surface area contributed by atoms with Crippen molar-refractivity contribution < 1.29 is 0 Å². The van der Waals surface area contributed by atoms with Crippen LogP contribution in [-0.4, -0.2) is 0 Å². The van der Waals surface area contributed by atoms with Gasteiger partial charge in [-0.25, -0.2) is 0 Å². The monoisotopic (exact) mass is 236 g/mol. The molecular formula is C17H32. The lowest BCUT2D eigenvalue weighted by molar-refractivity contribution is 0.272. The third-order valence-electron chi connectivity index (χ3n) is 5.05. The highest BCUT2D eigenvalue weighted by Crippen LogP contribution is 2.38. The minimum Gasteiger partial charge on any atom is -0.0738 e. The van der Waals surface area contributed by atoms with E-state index in [1.165, 1.54) is 32.1 Å². The molecule has 1 rings (SSSR count). The molecule has 1 aliphatic carbocycles. The predicted molar refractivity (Wildman–Crippen MR) is 78.1 cm³/mol. The van der Waals surface area contributed by atoms with Crippen molar-refractivity contribution in [3.05, 3.63) is 11.1 Å². The Hall–Kier alpha value is -0.260. The Bertz CT molecular complexity index is 261. The highest BCUT2D eigenvalue weighted by atomic mass is 14.3. The van der Waals surface area contributed by atoms with Gasteiger partial charge in [0.05, 0.1) is 0 Å². The molecule has 0 aliphatic heterocycles. The third kappa shape index (κ3) is 3.86. The van der Waals surface area contributed by atoms with Crippen LogP contribution in [0.3, 0.4) is 0 Å². The SMILES string of the molecule is CCC(C)C1C(C)=C(C)CC(C)CCCC1C. The smallest absolute Gasteiger partial charge is 0.0152 e. The van der Waals surface area contributed by atoms with Crippen LogP contribution in [0.4, 0.5) is 0 Å². The van der Waals surface area contributed by atoms with Crippen LogP contribution in [-0.2, 0) is 0 Å². The standard InChI is InChI=1S/C17H32/c1-7-13(3)17-14(4)10-8-9-12(2)11-15(5)16(17)6/h12-14,17H,7-11H2,1-6H3. The van der Waals surface area contributed by atoms with Crippen LogP contribution >= 0.6 is 0 Å². The van der Waals surface area contributed by atoms with Gasteiger partial charge < -0.3 is 0 Å². The first kappa shape index (κ1) is 14.8. The molecule has 0 bridgehead atoms. The third-order valence-corrected chi connectivity index (χ3v) is 5.05. The largest absolute Gasteiger partial charge is 0.0738 e. The van der Waals surface area contributed by atoms with Gasteiger partial charge in [0, 0.05) is 0 Å². The minimum atomic E-state index is 0.824. The average Bonchev–Trinajstić information content (AvgIpc) is 2.31. The van der Waals surface area contributed by atoms with Gasteiger partial charge in [-0.1, -0.05) is 64.5 Å². The van der Waals surface area contributed by atoms with Crippen molar-refractivity contribution in [3.8, 4) is 0 Å². The molecular weight excluding hydrogens is 204 g/mol. The van der Waals surface area contributed by atoms with Gasteiger partial charge >= 0.3 is 0 Å². The van der Waals surface area contributed by atoms with E-state index < -0.39 is 0 Å². The van der Waals surface area contributed by atoms with E-state index in [-0.39, 0.29) is 0 Å². The van der Waals surface area contributed by atoms with E-state index in [1.807, 2.05) is 0 Å². The minimum absolute atomic E-state index is 0.824. The van der Waals surface area contributed by atoms with E-state index in [9.17, 15) is 0 Å². The second-order valence-corrected chi connectivity index (χ2v) is 6.59. The molecule has 0 saturated heterocycles. The summed E-state index contributed by atoms with van der Waals surface area (Å²) in [6.07, 6.45) is 6.91. The molecule has 0 heterocycles. The Morgan fingerprint density at radius 1 is 1.18 bits per heavy atom. The zero-order valence-corrected chi connectivity index (χ0v) is 12.8. The fourth-order valence-electron chi connectivity index (χ4n) is 3.71. The maximum atomic E-state index is 2.48. The maximum absolute atomic E-state index is 2.48. The Morgan fingerprint density at radius 2 is 1.82 bits per heavy atom. The maximum Gasteiger partial charge on any atom is -0.0152 e. The summed E-state index contributed by atoms with van der Waals surface area (Å²) in [4.78, 5) is 0. The molecule has 1 aliphatic rings. The van der Waals surface area contributed by atoms with Gasteiger partial charge in [0.15, 0.2) is 0 Å². The van der Waals surface area contributed by atoms with Crippen LogP contribution in [0.25, 0.3) is 0 Å². The van der Waals surface area contributed by atoms with E-state index in [2.05, 4.69) is 41.5 Å². The van der Waals surface area contributed by atoms with Crippen LogP contribution in [0.2, 0.25) is 0 Å². The Balaban J connectivity index is 2.97. The first-order chi connectivity index (χ1) is 7.97. The second kappa shape index (κ2) is 6.61. The van der Waals surface area contributed by atoms with Crippen LogP contribution in [0.15, 0.2) is 11.1 Å². The van der Waals surface area contributed by atoms with Crippen molar-refractivity contribution in [2.24, 2.45) is 23.7 Å². The molecule has 0 aromatic heterocycles. The van der Waals surface area contributed by atoms with Gasteiger partial charge in [-0.05, 0) is 43.9 Å². The van der Waals surface area contributed by atoms with E-state index in [0.717, 1.165) is 23.7 Å². The average molecular weight is 236 g/mol. The molecule has 0 aromatic rings. The van der Waals surface area contributed by atoms with Gasteiger partial charge in [0.2, 0.25) is 0 Å². The molecule has 17 heavy (non-hydrogen) atoms. The molecule has 0 aromatic carbocycles. The van der Waals surface area contributed by atoms with Crippen molar-refractivity contribution in [3.63, 3.8) is 0 Å². The number of hydrogen-bond acceptors (Lipinski definition) is 0. The summed E-state index contributed by atoms with van der Waals surface area (Å²) in [6.45, 7) is 14.5. The van der Waals surface area contributed by atoms with Crippen LogP contribution in [0, 0.1) is 23.7 Å². The van der Waals surface area contributed by atoms with E-state index in [1.54, 1.807) is 11.1 Å². The highest BCUT2D eigenvalue weighted by Gasteiger charge is 2.26. The zero-order chi connectivity index (χ0) is 13.0. The summed E-state index contributed by atoms with van der Waals surface area (Å²) in [6, 6.07) is 0. The normalized spacial score (nSPS) is 33.9. The van der Waals surface area contributed by atoms with E-state index in [4.69, 9.17) is 0 Å². The molecule has 0 saturated carbocycles. The fraction of sp³-hybridized carbons (Fsp3) is 0.882. The lowest BCUT2D eigenvalue weighted by Crippen LogP contribution is -2.21. The second-order valence-electron chi connectivity index (χ2n) is 6.59. The summed E-state index contributed by atoms with van der Waals surface area (Å²) in [5.74, 6) is 3.41. The van der Waals surface area contributed by atoms with Crippen LogP contribution in [0.1, 0.15) is 73.6 Å². The summed E-state index contributed by atoms with van der Waals surface area (Å²) in [5.41, 5.74) is 3.39. The summed E-state index contributed by atoms with van der Waals surface area (Å²) in [7, 11) is 0. The molecule has 0 amide bonds. The van der Waals surface area contributed by atoms with Crippen LogP contribution in [0.5, 0.6) is 0 Å². The van der Waals surface area contributed by atoms with Gasteiger partial charge in [0.1, 0.15) is 0 Å². The summed E-state index contributed by atoms with van der Waals surface area (Å²) < 4.78 is 0. The first-order valence-electron chi connectivity index (χ1n) is 7.63. The van der Waals surface area contributed by atoms with Gasteiger partial charge in [-0.15, -0.1) is 0 Å². The molecule has 100 valence electrons. The molecule has 4 unspecified atom stereocenters. The quantitative estimate of drug-likeness (QED) is 0.529. The number of rotatable bonds is 2. The van der Waals surface area contributed by atoms with Crippen molar-refractivity contribution in [2.45, 2.75) is 73.6 Å². The van der Waals surface area contributed by atoms with E-state index in [0.29, 0.717) is 0 Å². The summed E-state index contributed by atoms with van der Waals surface area (Å²) in [5, 5.41) is 0. The molecule has 0 fully saturated rings. The predicted octanol–water partition coefficient (Wildman–Crippen LogP) is 5.83. The fourth-order valence-corrected chi connectivity index (χ4v) is 3.71. The molecule has 0 radical (unpaired) electrons. The van der Waals surface area contributed by atoms with Crippen molar-refractivity contribution >= 4 is 0 Å². The lowest BCUT2D eigenvalue weighted by atomic mass is 9.74. The van der Waals surface area contributed by atoms with Crippen molar-refractivity contribution in [1.82, 2.24) is 0 Å². The molecule has 0 heteroatoms. The molecule has 0 N–H and O–H groups in total. The molecule has 0 nitrogen and oxygen atoms in total. The zero-order valence-electron chi connectivity index (χ0n) is 12.8. The lowest BCUT2D eigenvalue weighted by Gasteiger charge is -2.31. The van der Waals surface area contributed by atoms with E-state index >= 15 is 0 Å². The molecule has 0 spiro atoms. The van der Waals surface area contributed by atoms with Gasteiger partial charge in [-0.2, -0.15) is 0 Å². The number of allylic oxidation sites excluding steroid dienone is 2. The highest BCUT2D eigenvalue weighted by molar-refractivity contribution is 5.15. The number of hydrogen-bond donors (Lipinski definition) is 0. The van der Waals surface area contributed by atoms with Crippen LogP contribution < -0.4 is 0 Å². The Kier molecular flexibility index (Phi) is 5.76. The Morgan fingerprint density at radius 3 is 2.41 bits per heavy atom. The Labute approximate surface area is 109 Å².